The summed E-state index contributed by atoms with van der Waals surface area (Å²) in [5, 5.41) is 18.4. The van der Waals surface area contributed by atoms with Crippen LogP contribution in [0.2, 0.25) is 5.02 Å². The van der Waals surface area contributed by atoms with Gasteiger partial charge in [-0.15, -0.1) is 0 Å². The van der Waals surface area contributed by atoms with Crippen molar-refractivity contribution >= 4 is 11.6 Å². The molecule has 2 aromatic carbocycles. The summed E-state index contributed by atoms with van der Waals surface area (Å²) in [6, 6.07) is 12.9. The Morgan fingerprint density at radius 2 is 1.89 bits per heavy atom. The van der Waals surface area contributed by atoms with E-state index in [9.17, 15) is 5.11 Å². The summed E-state index contributed by atoms with van der Waals surface area (Å²) in [7, 11) is 0. The number of nitrogens with one attached hydrogen (secondary N) is 1. The molecule has 1 aliphatic rings. The molecular weight excluding hydrogens is 378 g/mol. The largest absolute Gasteiger partial charge is 0.507 e. The SMILES string of the molecule is Oc1cc(OCCN2CCOCC2)ccc1-c1[nH]ncc1-c1ccc(Cl)cc1. The third-order valence-corrected chi connectivity index (χ3v) is 5.07. The summed E-state index contributed by atoms with van der Waals surface area (Å²) < 4.78 is 11.2. The molecule has 2 heterocycles. The maximum atomic E-state index is 10.6. The van der Waals surface area contributed by atoms with Gasteiger partial charge in [-0.1, -0.05) is 23.7 Å². The molecule has 0 amide bonds. The van der Waals surface area contributed by atoms with E-state index in [2.05, 4.69) is 15.1 Å². The van der Waals surface area contributed by atoms with Crippen molar-refractivity contribution in [2.75, 3.05) is 39.5 Å². The molecule has 0 saturated carbocycles. The first-order valence-electron chi connectivity index (χ1n) is 9.26. The number of aromatic nitrogens is 2. The van der Waals surface area contributed by atoms with E-state index in [0.29, 0.717) is 22.9 Å². The van der Waals surface area contributed by atoms with Gasteiger partial charge >= 0.3 is 0 Å². The van der Waals surface area contributed by atoms with Crippen molar-refractivity contribution in [1.82, 2.24) is 15.1 Å². The first-order valence-corrected chi connectivity index (χ1v) is 9.64. The fourth-order valence-corrected chi connectivity index (χ4v) is 3.40. The molecule has 28 heavy (non-hydrogen) atoms. The second-order valence-corrected chi connectivity index (χ2v) is 7.08. The molecule has 4 rings (SSSR count). The molecule has 0 aliphatic carbocycles. The topological polar surface area (TPSA) is 70.6 Å². The number of phenolic OH excluding ortho intramolecular Hbond substituents is 1. The van der Waals surface area contributed by atoms with Gasteiger partial charge in [0.05, 0.1) is 25.1 Å². The maximum absolute atomic E-state index is 10.6. The Morgan fingerprint density at radius 1 is 1.11 bits per heavy atom. The molecule has 3 aromatic rings. The van der Waals surface area contributed by atoms with Crippen LogP contribution in [0.1, 0.15) is 0 Å². The number of morpholine rings is 1. The highest BCUT2D eigenvalue weighted by Gasteiger charge is 2.15. The van der Waals surface area contributed by atoms with Crippen molar-refractivity contribution in [3.63, 3.8) is 0 Å². The summed E-state index contributed by atoms with van der Waals surface area (Å²) >= 11 is 5.98. The van der Waals surface area contributed by atoms with Crippen molar-refractivity contribution in [2.45, 2.75) is 0 Å². The Bertz CT molecular complexity index is 921. The van der Waals surface area contributed by atoms with Crippen LogP contribution in [-0.4, -0.2) is 59.7 Å². The number of ether oxygens (including phenoxy) is 2. The minimum atomic E-state index is 0.142. The molecule has 1 saturated heterocycles. The fraction of sp³-hybridized carbons (Fsp3) is 0.286. The fourth-order valence-electron chi connectivity index (χ4n) is 3.27. The number of phenols is 1. The van der Waals surface area contributed by atoms with E-state index in [0.717, 1.165) is 49.7 Å². The molecule has 7 heteroatoms. The van der Waals surface area contributed by atoms with Crippen LogP contribution in [0.5, 0.6) is 11.5 Å². The van der Waals surface area contributed by atoms with Gasteiger partial charge in [0.25, 0.3) is 0 Å². The van der Waals surface area contributed by atoms with Gasteiger partial charge in [0, 0.05) is 41.9 Å². The van der Waals surface area contributed by atoms with Gasteiger partial charge in [-0.3, -0.25) is 10.00 Å². The van der Waals surface area contributed by atoms with Crippen molar-refractivity contribution in [1.29, 1.82) is 0 Å². The van der Waals surface area contributed by atoms with E-state index in [1.807, 2.05) is 36.4 Å². The number of nitrogens with zero attached hydrogens (tertiary/aromatic N) is 2. The smallest absolute Gasteiger partial charge is 0.128 e. The normalized spacial score (nSPS) is 14.9. The second-order valence-electron chi connectivity index (χ2n) is 6.65. The third-order valence-electron chi connectivity index (χ3n) is 4.81. The van der Waals surface area contributed by atoms with Crippen LogP contribution < -0.4 is 4.74 Å². The summed E-state index contributed by atoms with van der Waals surface area (Å²) in [5.74, 6) is 0.783. The molecule has 0 spiro atoms. The van der Waals surface area contributed by atoms with Crippen LogP contribution in [0, 0.1) is 0 Å². The van der Waals surface area contributed by atoms with E-state index in [1.165, 1.54) is 0 Å². The minimum absolute atomic E-state index is 0.142. The summed E-state index contributed by atoms with van der Waals surface area (Å²) in [4.78, 5) is 2.31. The van der Waals surface area contributed by atoms with Gasteiger partial charge in [0.1, 0.15) is 18.1 Å². The molecule has 2 N–H and O–H groups in total. The molecule has 1 aromatic heterocycles. The van der Waals surface area contributed by atoms with Crippen molar-refractivity contribution in [3.8, 4) is 33.9 Å². The van der Waals surface area contributed by atoms with E-state index < -0.39 is 0 Å². The van der Waals surface area contributed by atoms with E-state index in [4.69, 9.17) is 21.1 Å². The first kappa shape index (κ1) is 18.8. The Balaban J connectivity index is 1.46. The number of hydrogen-bond acceptors (Lipinski definition) is 5. The summed E-state index contributed by atoms with van der Waals surface area (Å²) in [5.41, 5.74) is 3.29. The molecular formula is C21H22ClN3O3. The zero-order chi connectivity index (χ0) is 19.3. The number of aromatic amines is 1. The van der Waals surface area contributed by atoms with Gasteiger partial charge in [-0.05, 0) is 29.8 Å². The maximum Gasteiger partial charge on any atom is 0.128 e. The molecule has 146 valence electrons. The van der Waals surface area contributed by atoms with Gasteiger partial charge in [-0.2, -0.15) is 5.10 Å². The Kier molecular flexibility index (Phi) is 5.81. The standard InChI is InChI=1S/C21H22ClN3O3/c22-16-3-1-15(2-4-16)19-14-23-24-21(19)18-6-5-17(13-20(18)26)28-12-9-25-7-10-27-11-8-25/h1-6,13-14,26H,7-12H2,(H,23,24). The Morgan fingerprint density at radius 3 is 2.64 bits per heavy atom. The van der Waals surface area contributed by atoms with Crippen LogP contribution in [0.15, 0.2) is 48.7 Å². The number of aromatic hydroxyl groups is 1. The molecule has 6 nitrogen and oxygen atoms in total. The molecule has 0 atom stereocenters. The van der Waals surface area contributed by atoms with Crippen molar-refractivity contribution < 1.29 is 14.6 Å². The second kappa shape index (κ2) is 8.65. The predicted octanol–water partition coefficient (Wildman–Crippen LogP) is 3.81. The van der Waals surface area contributed by atoms with Crippen molar-refractivity contribution in [2.24, 2.45) is 0 Å². The van der Waals surface area contributed by atoms with Gasteiger partial charge < -0.3 is 14.6 Å². The highest BCUT2D eigenvalue weighted by Crippen LogP contribution is 2.37. The minimum Gasteiger partial charge on any atom is -0.507 e. The molecule has 0 unspecified atom stereocenters. The Labute approximate surface area is 168 Å². The van der Waals surface area contributed by atoms with Gasteiger partial charge in [0.2, 0.25) is 0 Å². The lowest BCUT2D eigenvalue weighted by atomic mass is 10.0. The number of halogens is 1. The molecule has 1 aliphatic heterocycles. The third kappa shape index (κ3) is 4.30. The summed E-state index contributed by atoms with van der Waals surface area (Å²) in [6.07, 6.45) is 1.74. The van der Waals surface area contributed by atoms with Crippen LogP contribution in [0.4, 0.5) is 0 Å². The Hall–Kier alpha value is -2.54. The van der Waals surface area contributed by atoms with E-state index in [1.54, 1.807) is 12.3 Å². The van der Waals surface area contributed by atoms with E-state index in [-0.39, 0.29) is 5.75 Å². The lowest BCUT2D eigenvalue weighted by molar-refractivity contribution is 0.0322. The zero-order valence-corrected chi connectivity index (χ0v) is 16.2. The zero-order valence-electron chi connectivity index (χ0n) is 15.4. The highest BCUT2D eigenvalue weighted by molar-refractivity contribution is 6.30. The molecule has 1 fully saturated rings. The average molecular weight is 400 g/mol. The van der Waals surface area contributed by atoms with Gasteiger partial charge in [0.15, 0.2) is 0 Å². The van der Waals surface area contributed by atoms with Crippen LogP contribution in [-0.2, 0) is 4.74 Å². The molecule has 0 bridgehead atoms. The monoisotopic (exact) mass is 399 g/mol. The van der Waals surface area contributed by atoms with Gasteiger partial charge in [-0.25, -0.2) is 0 Å². The number of hydrogen-bond donors (Lipinski definition) is 2. The number of rotatable bonds is 6. The lowest BCUT2D eigenvalue weighted by Gasteiger charge is -2.26. The quantitative estimate of drug-likeness (QED) is 0.659. The molecule has 0 radical (unpaired) electrons. The van der Waals surface area contributed by atoms with E-state index >= 15 is 0 Å². The van der Waals surface area contributed by atoms with Crippen molar-refractivity contribution in [3.05, 3.63) is 53.7 Å². The van der Waals surface area contributed by atoms with Crippen LogP contribution in [0.25, 0.3) is 22.4 Å². The number of benzene rings is 2. The predicted molar refractivity (Wildman–Crippen MR) is 109 cm³/mol. The highest BCUT2D eigenvalue weighted by atomic mass is 35.5. The summed E-state index contributed by atoms with van der Waals surface area (Å²) in [6.45, 7) is 4.82. The van der Waals surface area contributed by atoms with Crippen LogP contribution in [0.3, 0.4) is 0 Å². The lowest BCUT2D eigenvalue weighted by Crippen LogP contribution is -2.38. The number of H-pyrrole nitrogens is 1. The first-order chi connectivity index (χ1) is 13.7. The average Bonchev–Trinajstić information content (AvgIpc) is 3.19. The van der Waals surface area contributed by atoms with Crippen LogP contribution >= 0.6 is 11.6 Å².